The van der Waals surface area contributed by atoms with E-state index in [1.165, 1.54) is 6.20 Å². The Labute approximate surface area is 97.8 Å². The number of rotatable bonds is 5. The molecule has 0 amide bonds. The Morgan fingerprint density at radius 2 is 2.18 bits per heavy atom. The van der Waals surface area contributed by atoms with Gasteiger partial charge in [0.1, 0.15) is 0 Å². The molecule has 0 aliphatic heterocycles. The summed E-state index contributed by atoms with van der Waals surface area (Å²) in [5.41, 5.74) is 6.38. The molecule has 6 heteroatoms. The fraction of sp³-hybridized carbons (Fsp3) is 0.545. The van der Waals surface area contributed by atoms with E-state index in [1.54, 1.807) is 19.1 Å². The van der Waals surface area contributed by atoms with Gasteiger partial charge in [-0.15, -0.1) is 0 Å². The highest BCUT2D eigenvalue weighted by atomic mass is 19.4. The Balaban J connectivity index is 2.47. The molecule has 1 heterocycles. The number of halogens is 3. The minimum absolute atomic E-state index is 0.0176. The van der Waals surface area contributed by atoms with Crippen LogP contribution in [0, 0.1) is 0 Å². The summed E-state index contributed by atoms with van der Waals surface area (Å²) in [6, 6.07) is 3.19. The molecule has 0 aliphatic carbocycles. The molecule has 2 N–H and O–H groups in total. The van der Waals surface area contributed by atoms with Gasteiger partial charge in [-0.25, -0.2) is 4.98 Å². The Kier molecular flexibility index (Phi) is 4.74. The van der Waals surface area contributed by atoms with Gasteiger partial charge in [-0.1, -0.05) is 6.07 Å². The first-order valence-electron chi connectivity index (χ1n) is 5.30. The van der Waals surface area contributed by atoms with E-state index in [-0.39, 0.29) is 19.1 Å². The third kappa shape index (κ3) is 5.04. The van der Waals surface area contributed by atoms with E-state index in [2.05, 4.69) is 4.98 Å². The van der Waals surface area contributed by atoms with Gasteiger partial charge >= 0.3 is 6.18 Å². The number of nitrogens with zero attached hydrogens (tertiary/aromatic N) is 1. The highest BCUT2D eigenvalue weighted by Gasteiger charge is 2.26. The lowest BCUT2D eigenvalue weighted by atomic mass is 10.1. The third-order valence-corrected chi connectivity index (χ3v) is 2.13. The highest BCUT2D eigenvalue weighted by molar-refractivity contribution is 5.27. The first-order valence-corrected chi connectivity index (χ1v) is 5.30. The van der Waals surface area contributed by atoms with E-state index < -0.39 is 12.6 Å². The van der Waals surface area contributed by atoms with Crippen molar-refractivity contribution in [2.45, 2.75) is 32.0 Å². The van der Waals surface area contributed by atoms with Gasteiger partial charge in [-0.05, 0) is 19.4 Å². The molecule has 3 nitrogen and oxygen atoms in total. The molecular formula is C11H15F3N2O. The Morgan fingerprint density at radius 3 is 2.76 bits per heavy atom. The van der Waals surface area contributed by atoms with Crippen LogP contribution in [0.25, 0.3) is 0 Å². The van der Waals surface area contributed by atoms with E-state index in [0.29, 0.717) is 11.4 Å². The molecule has 0 radical (unpaired) electrons. The number of nitrogens with two attached hydrogens (primary N) is 1. The zero-order valence-corrected chi connectivity index (χ0v) is 9.50. The van der Waals surface area contributed by atoms with Crippen molar-refractivity contribution in [2.75, 3.05) is 6.61 Å². The van der Waals surface area contributed by atoms with Crippen LogP contribution in [0.3, 0.4) is 0 Å². The van der Waals surface area contributed by atoms with E-state index in [1.807, 2.05) is 0 Å². The Morgan fingerprint density at radius 1 is 1.47 bits per heavy atom. The fourth-order valence-corrected chi connectivity index (χ4v) is 1.31. The Bertz CT molecular complexity index is 353. The van der Waals surface area contributed by atoms with Crippen molar-refractivity contribution >= 4 is 0 Å². The molecule has 0 unspecified atom stereocenters. The van der Waals surface area contributed by atoms with Crippen LogP contribution in [-0.2, 0) is 0 Å². The second kappa shape index (κ2) is 5.86. The summed E-state index contributed by atoms with van der Waals surface area (Å²) in [5, 5.41) is 0. The average Bonchev–Trinajstić information content (AvgIpc) is 2.23. The van der Waals surface area contributed by atoms with Crippen LogP contribution >= 0.6 is 0 Å². The summed E-state index contributed by atoms with van der Waals surface area (Å²) >= 11 is 0. The van der Waals surface area contributed by atoms with E-state index in [4.69, 9.17) is 10.5 Å². The standard InChI is InChI=1S/C11H15F3N2O/c1-8(15)9-4-2-6-16-10(9)17-7-3-5-11(12,13)14/h2,4,6,8H,3,5,7,15H2,1H3/t8-/m1/s1. The third-order valence-electron chi connectivity index (χ3n) is 2.13. The van der Waals surface area contributed by atoms with Gasteiger partial charge in [-0.3, -0.25) is 0 Å². The van der Waals surface area contributed by atoms with Crippen LogP contribution in [0.1, 0.15) is 31.4 Å². The molecule has 17 heavy (non-hydrogen) atoms. The van der Waals surface area contributed by atoms with E-state index in [9.17, 15) is 13.2 Å². The van der Waals surface area contributed by atoms with Crippen molar-refractivity contribution in [3.05, 3.63) is 23.9 Å². The highest BCUT2D eigenvalue weighted by Crippen LogP contribution is 2.23. The fourth-order valence-electron chi connectivity index (χ4n) is 1.31. The summed E-state index contributed by atoms with van der Waals surface area (Å²) in [7, 11) is 0. The lowest BCUT2D eigenvalue weighted by molar-refractivity contribution is -0.136. The van der Waals surface area contributed by atoms with Crippen LogP contribution < -0.4 is 10.5 Å². The maximum atomic E-state index is 11.9. The maximum Gasteiger partial charge on any atom is 0.389 e. The second-order valence-electron chi connectivity index (χ2n) is 3.75. The molecule has 96 valence electrons. The van der Waals surface area contributed by atoms with Gasteiger partial charge in [0.05, 0.1) is 6.61 Å². The predicted octanol–water partition coefficient (Wildman–Crippen LogP) is 2.82. The molecule has 1 aromatic heterocycles. The van der Waals surface area contributed by atoms with Crippen molar-refractivity contribution in [2.24, 2.45) is 5.73 Å². The first-order chi connectivity index (χ1) is 7.90. The molecule has 1 aromatic rings. The van der Waals surface area contributed by atoms with Crippen molar-refractivity contribution in [1.82, 2.24) is 4.98 Å². The van der Waals surface area contributed by atoms with Gasteiger partial charge in [0, 0.05) is 24.2 Å². The zero-order chi connectivity index (χ0) is 12.9. The number of hydrogen-bond acceptors (Lipinski definition) is 3. The maximum absolute atomic E-state index is 11.9. The molecular weight excluding hydrogens is 233 g/mol. The minimum atomic E-state index is -4.14. The molecule has 1 rings (SSSR count). The van der Waals surface area contributed by atoms with Crippen LogP contribution in [0.2, 0.25) is 0 Å². The number of pyridine rings is 1. The molecule has 0 spiro atoms. The molecule has 0 bridgehead atoms. The molecule has 0 saturated carbocycles. The average molecular weight is 248 g/mol. The van der Waals surface area contributed by atoms with Gasteiger partial charge in [-0.2, -0.15) is 13.2 Å². The van der Waals surface area contributed by atoms with Gasteiger partial charge < -0.3 is 10.5 Å². The van der Waals surface area contributed by atoms with Crippen molar-refractivity contribution in [1.29, 1.82) is 0 Å². The SMILES string of the molecule is C[C@@H](N)c1cccnc1OCCCC(F)(F)F. The number of aromatic nitrogens is 1. The normalized spacial score (nSPS) is 13.5. The van der Waals surface area contributed by atoms with Crippen molar-refractivity contribution < 1.29 is 17.9 Å². The van der Waals surface area contributed by atoms with Crippen LogP contribution in [-0.4, -0.2) is 17.8 Å². The van der Waals surface area contributed by atoms with Crippen LogP contribution in [0.4, 0.5) is 13.2 Å². The summed E-state index contributed by atoms with van der Waals surface area (Å²) in [4.78, 5) is 3.95. The molecule has 0 fully saturated rings. The second-order valence-corrected chi connectivity index (χ2v) is 3.75. The summed E-state index contributed by atoms with van der Waals surface area (Å²) in [5.74, 6) is 0.310. The minimum Gasteiger partial charge on any atom is -0.477 e. The molecule has 1 atom stereocenters. The lowest BCUT2D eigenvalue weighted by Crippen LogP contribution is -2.12. The van der Waals surface area contributed by atoms with E-state index >= 15 is 0 Å². The number of ether oxygens (including phenoxy) is 1. The monoisotopic (exact) mass is 248 g/mol. The van der Waals surface area contributed by atoms with Gasteiger partial charge in [0.2, 0.25) is 5.88 Å². The quantitative estimate of drug-likeness (QED) is 0.815. The van der Waals surface area contributed by atoms with Crippen LogP contribution in [0.15, 0.2) is 18.3 Å². The molecule has 0 aliphatic rings. The smallest absolute Gasteiger partial charge is 0.389 e. The zero-order valence-electron chi connectivity index (χ0n) is 9.50. The predicted molar refractivity (Wildman–Crippen MR) is 57.6 cm³/mol. The number of alkyl halides is 3. The van der Waals surface area contributed by atoms with Gasteiger partial charge in [0.15, 0.2) is 0 Å². The first kappa shape index (κ1) is 13.8. The van der Waals surface area contributed by atoms with Gasteiger partial charge in [0.25, 0.3) is 0 Å². The van der Waals surface area contributed by atoms with Crippen molar-refractivity contribution in [3.8, 4) is 5.88 Å². The topological polar surface area (TPSA) is 48.1 Å². The van der Waals surface area contributed by atoms with Crippen LogP contribution in [0.5, 0.6) is 5.88 Å². The largest absolute Gasteiger partial charge is 0.477 e. The summed E-state index contributed by atoms with van der Waals surface area (Å²) in [6.07, 6.45) is -3.56. The Hall–Kier alpha value is -1.30. The van der Waals surface area contributed by atoms with Crippen molar-refractivity contribution in [3.63, 3.8) is 0 Å². The lowest BCUT2D eigenvalue weighted by Gasteiger charge is -2.12. The summed E-state index contributed by atoms with van der Waals surface area (Å²) in [6.45, 7) is 1.75. The van der Waals surface area contributed by atoms with E-state index in [0.717, 1.165) is 0 Å². The number of hydrogen-bond donors (Lipinski definition) is 1. The molecule has 0 aromatic carbocycles. The summed E-state index contributed by atoms with van der Waals surface area (Å²) < 4.78 is 40.9. The molecule has 0 saturated heterocycles.